The standard InChI is InChI=1S/C11H16ClN5O3/c1-6(9(18)16-11(2,3)4)14-8-7(17(19)20)5-13-10(12)15-8/h5-6H,1-4H3,(H,16,18)(H,13,14,15). The third kappa shape index (κ3) is 4.61. The molecule has 0 saturated heterocycles. The first-order chi connectivity index (χ1) is 9.10. The van der Waals surface area contributed by atoms with Gasteiger partial charge >= 0.3 is 5.69 Å². The lowest BCUT2D eigenvalue weighted by Crippen LogP contribution is -2.47. The monoisotopic (exact) mass is 301 g/mol. The van der Waals surface area contributed by atoms with Crippen LogP contribution in [0, 0.1) is 10.1 Å². The molecule has 0 spiro atoms. The van der Waals surface area contributed by atoms with E-state index in [4.69, 9.17) is 11.6 Å². The molecule has 0 radical (unpaired) electrons. The van der Waals surface area contributed by atoms with Gasteiger partial charge in [-0.15, -0.1) is 0 Å². The van der Waals surface area contributed by atoms with Crippen LogP contribution in [0.1, 0.15) is 27.7 Å². The second kappa shape index (κ2) is 6.00. The molecular formula is C11H16ClN5O3. The lowest BCUT2D eigenvalue weighted by atomic mass is 10.1. The van der Waals surface area contributed by atoms with E-state index in [9.17, 15) is 14.9 Å². The number of aromatic nitrogens is 2. The van der Waals surface area contributed by atoms with E-state index in [1.807, 2.05) is 20.8 Å². The lowest BCUT2D eigenvalue weighted by molar-refractivity contribution is -0.384. The van der Waals surface area contributed by atoms with Crippen molar-refractivity contribution >= 4 is 29.0 Å². The zero-order valence-corrected chi connectivity index (χ0v) is 12.4. The Balaban J connectivity index is 2.90. The van der Waals surface area contributed by atoms with Gasteiger partial charge in [0.2, 0.25) is 17.0 Å². The summed E-state index contributed by atoms with van der Waals surface area (Å²) in [5, 5.41) is 16.1. The van der Waals surface area contributed by atoms with E-state index < -0.39 is 16.5 Å². The van der Waals surface area contributed by atoms with E-state index in [1.54, 1.807) is 6.92 Å². The number of halogens is 1. The molecule has 1 aromatic heterocycles. The zero-order valence-electron chi connectivity index (χ0n) is 11.6. The molecule has 0 saturated carbocycles. The number of anilines is 1. The van der Waals surface area contributed by atoms with Gasteiger partial charge < -0.3 is 10.6 Å². The SMILES string of the molecule is CC(Nc1nc(Cl)ncc1[N+](=O)[O-])C(=O)NC(C)(C)C. The fourth-order valence-electron chi connectivity index (χ4n) is 1.34. The van der Waals surface area contributed by atoms with Crippen molar-refractivity contribution in [2.75, 3.05) is 5.32 Å². The molecule has 0 aliphatic heterocycles. The van der Waals surface area contributed by atoms with Crippen molar-refractivity contribution in [3.63, 3.8) is 0 Å². The number of hydrogen-bond donors (Lipinski definition) is 2. The first kappa shape index (κ1) is 16.1. The number of nitrogens with one attached hydrogen (secondary N) is 2. The molecule has 0 aromatic carbocycles. The number of carbonyl (C=O) groups is 1. The Bertz CT molecular complexity index is 529. The molecule has 20 heavy (non-hydrogen) atoms. The van der Waals surface area contributed by atoms with Crippen LogP contribution in [0.4, 0.5) is 11.5 Å². The molecule has 0 fully saturated rings. The van der Waals surface area contributed by atoms with E-state index in [2.05, 4.69) is 20.6 Å². The molecule has 1 heterocycles. The van der Waals surface area contributed by atoms with E-state index in [0.29, 0.717) is 0 Å². The van der Waals surface area contributed by atoms with Crippen LogP contribution in [-0.2, 0) is 4.79 Å². The summed E-state index contributed by atoms with van der Waals surface area (Å²) < 4.78 is 0. The number of hydrogen-bond acceptors (Lipinski definition) is 6. The molecule has 0 bridgehead atoms. The highest BCUT2D eigenvalue weighted by atomic mass is 35.5. The minimum atomic E-state index is -0.709. The third-order valence-corrected chi connectivity index (χ3v) is 2.36. The van der Waals surface area contributed by atoms with Crippen LogP contribution >= 0.6 is 11.6 Å². The van der Waals surface area contributed by atoms with Crippen LogP contribution < -0.4 is 10.6 Å². The Labute approximate surface area is 121 Å². The average molecular weight is 302 g/mol. The summed E-state index contributed by atoms with van der Waals surface area (Å²) in [6, 6.07) is -0.709. The van der Waals surface area contributed by atoms with Gasteiger partial charge in [0.25, 0.3) is 0 Å². The molecule has 0 aliphatic rings. The Morgan fingerprint density at radius 3 is 2.60 bits per heavy atom. The van der Waals surface area contributed by atoms with Gasteiger partial charge in [-0.05, 0) is 39.3 Å². The minimum absolute atomic E-state index is 0.0911. The first-order valence-electron chi connectivity index (χ1n) is 5.85. The molecule has 110 valence electrons. The molecule has 1 unspecified atom stereocenters. The summed E-state index contributed by atoms with van der Waals surface area (Å²) in [5.41, 5.74) is -0.743. The first-order valence-corrected chi connectivity index (χ1v) is 6.23. The zero-order chi connectivity index (χ0) is 15.5. The summed E-state index contributed by atoms with van der Waals surface area (Å²) in [5.74, 6) is -0.395. The van der Waals surface area contributed by atoms with Gasteiger partial charge in [0, 0.05) is 5.54 Å². The van der Waals surface area contributed by atoms with Crippen LogP contribution in [0.25, 0.3) is 0 Å². The molecular weight excluding hydrogens is 286 g/mol. The predicted molar refractivity (Wildman–Crippen MR) is 74.7 cm³/mol. The predicted octanol–water partition coefficient (Wildman–Crippen LogP) is 1.75. The molecule has 1 amide bonds. The molecule has 1 aromatic rings. The van der Waals surface area contributed by atoms with Crippen molar-refractivity contribution in [2.24, 2.45) is 0 Å². The van der Waals surface area contributed by atoms with Crippen LogP contribution in [0.3, 0.4) is 0 Å². The van der Waals surface area contributed by atoms with Gasteiger partial charge in [0.1, 0.15) is 12.2 Å². The number of nitrogens with zero attached hydrogens (tertiary/aromatic N) is 3. The molecule has 0 aliphatic carbocycles. The van der Waals surface area contributed by atoms with E-state index >= 15 is 0 Å². The second-order valence-corrected chi connectivity index (χ2v) is 5.57. The van der Waals surface area contributed by atoms with Gasteiger partial charge in [0.15, 0.2) is 0 Å². The second-order valence-electron chi connectivity index (χ2n) is 5.24. The summed E-state index contributed by atoms with van der Waals surface area (Å²) >= 11 is 5.61. The van der Waals surface area contributed by atoms with Gasteiger partial charge in [-0.3, -0.25) is 14.9 Å². The Kier molecular flexibility index (Phi) is 4.83. The maximum absolute atomic E-state index is 11.9. The molecule has 1 atom stereocenters. The highest BCUT2D eigenvalue weighted by Crippen LogP contribution is 2.22. The van der Waals surface area contributed by atoms with Crippen molar-refractivity contribution in [3.8, 4) is 0 Å². The van der Waals surface area contributed by atoms with Crippen LogP contribution in [0.2, 0.25) is 5.28 Å². The normalized spacial score (nSPS) is 12.7. The Morgan fingerprint density at radius 1 is 1.50 bits per heavy atom. The number of rotatable bonds is 4. The maximum Gasteiger partial charge on any atom is 0.329 e. The van der Waals surface area contributed by atoms with Crippen molar-refractivity contribution in [2.45, 2.75) is 39.3 Å². The number of nitro groups is 1. The molecule has 9 heteroatoms. The highest BCUT2D eigenvalue weighted by Gasteiger charge is 2.23. The number of amides is 1. The van der Waals surface area contributed by atoms with E-state index in [-0.39, 0.29) is 22.7 Å². The molecule has 2 N–H and O–H groups in total. The molecule has 1 rings (SSSR count). The smallest absolute Gasteiger partial charge is 0.329 e. The molecule has 8 nitrogen and oxygen atoms in total. The minimum Gasteiger partial charge on any atom is -0.353 e. The van der Waals surface area contributed by atoms with Crippen LogP contribution in [-0.4, -0.2) is 32.4 Å². The maximum atomic E-state index is 11.9. The van der Waals surface area contributed by atoms with Crippen molar-refractivity contribution in [1.82, 2.24) is 15.3 Å². The van der Waals surface area contributed by atoms with E-state index in [0.717, 1.165) is 6.20 Å². The summed E-state index contributed by atoms with van der Waals surface area (Å²) in [4.78, 5) is 29.4. The summed E-state index contributed by atoms with van der Waals surface area (Å²) in [6.45, 7) is 7.08. The fraction of sp³-hybridized carbons (Fsp3) is 0.545. The number of carbonyl (C=O) groups excluding carboxylic acids is 1. The van der Waals surface area contributed by atoms with Crippen molar-refractivity contribution in [1.29, 1.82) is 0 Å². The lowest BCUT2D eigenvalue weighted by Gasteiger charge is -2.23. The van der Waals surface area contributed by atoms with Gasteiger partial charge in [-0.25, -0.2) is 4.98 Å². The third-order valence-electron chi connectivity index (χ3n) is 2.18. The van der Waals surface area contributed by atoms with Gasteiger partial charge in [0.05, 0.1) is 4.92 Å². The van der Waals surface area contributed by atoms with Gasteiger partial charge in [-0.1, -0.05) is 0 Å². The Morgan fingerprint density at radius 2 is 2.10 bits per heavy atom. The van der Waals surface area contributed by atoms with Crippen molar-refractivity contribution in [3.05, 3.63) is 21.6 Å². The summed E-state index contributed by atoms with van der Waals surface area (Å²) in [7, 11) is 0. The van der Waals surface area contributed by atoms with Gasteiger partial charge in [-0.2, -0.15) is 4.98 Å². The van der Waals surface area contributed by atoms with Crippen LogP contribution in [0.5, 0.6) is 0 Å². The van der Waals surface area contributed by atoms with Crippen LogP contribution in [0.15, 0.2) is 6.20 Å². The van der Waals surface area contributed by atoms with E-state index in [1.165, 1.54) is 0 Å². The average Bonchev–Trinajstić information content (AvgIpc) is 2.26. The topological polar surface area (TPSA) is 110 Å². The largest absolute Gasteiger partial charge is 0.353 e. The quantitative estimate of drug-likeness (QED) is 0.498. The highest BCUT2D eigenvalue weighted by molar-refractivity contribution is 6.28. The fourth-order valence-corrected chi connectivity index (χ4v) is 1.48. The van der Waals surface area contributed by atoms with Crippen molar-refractivity contribution < 1.29 is 9.72 Å². The summed E-state index contributed by atoms with van der Waals surface area (Å²) in [6.07, 6.45) is 0.992. The Hall–Kier alpha value is -1.96.